The van der Waals surface area contributed by atoms with Gasteiger partial charge in [0, 0.05) is 18.2 Å². The number of rotatable bonds is 4. The number of hydrogen-bond acceptors (Lipinski definition) is 4. The van der Waals surface area contributed by atoms with Crippen LogP contribution in [0.5, 0.6) is 0 Å². The molecule has 0 aliphatic carbocycles. The van der Waals surface area contributed by atoms with Crippen molar-refractivity contribution in [1.82, 2.24) is 14.9 Å². The predicted molar refractivity (Wildman–Crippen MR) is 84.4 cm³/mol. The normalized spacial score (nSPS) is 20.1. The highest BCUT2D eigenvalue weighted by Crippen LogP contribution is 2.21. The summed E-state index contributed by atoms with van der Waals surface area (Å²) in [6.45, 7) is 4.00. The van der Waals surface area contributed by atoms with Crippen LogP contribution < -0.4 is 0 Å². The Labute approximate surface area is 128 Å². The Morgan fingerprint density at radius 3 is 3.00 bits per heavy atom. The Bertz CT molecular complexity index is 825. The topological polar surface area (TPSA) is 83.1 Å². The molecule has 22 heavy (non-hydrogen) atoms. The van der Waals surface area contributed by atoms with Crippen LogP contribution in [0.1, 0.15) is 16.8 Å². The van der Waals surface area contributed by atoms with Crippen LogP contribution >= 0.6 is 0 Å². The molecule has 6 nitrogen and oxygen atoms in total. The van der Waals surface area contributed by atoms with Crippen LogP contribution in [-0.4, -0.2) is 53.3 Å². The maximum Gasteiger partial charge on any atom is 0.254 e. The number of fused-ring (bicyclic) bond motifs is 1. The van der Waals surface area contributed by atoms with Crippen LogP contribution in [0.4, 0.5) is 0 Å². The molecule has 1 fully saturated rings. The first-order valence-corrected chi connectivity index (χ1v) is 8.88. The molecular formula is C15H17N3O3S. The largest absolute Gasteiger partial charge is 0.345 e. The van der Waals surface area contributed by atoms with Gasteiger partial charge in [-0.2, -0.15) is 0 Å². The molecule has 1 aliphatic heterocycles. The van der Waals surface area contributed by atoms with E-state index in [1.165, 1.54) is 0 Å². The number of imidazole rings is 1. The Morgan fingerprint density at radius 1 is 1.50 bits per heavy atom. The van der Waals surface area contributed by atoms with E-state index < -0.39 is 9.84 Å². The molecule has 116 valence electrons. The van der Waals surface area contributed by atoms with Crippen molar-refractivity contribution in [3.63, 3.8) is 0 Å². The lowest BCUT2D eigenvalue weighted by Gasteiger charge is -2.27. The predicted octanol–water partition coefficient (Wildman–Crippen LogP) is 1.38. The lowest BCUT2D eigenvalue weighted by molar-refractivity contribution is 0.0721. The number of nitrogens with zero attached hydrogens (tertiary/aromatic N) is 2. The lowest BCUT2D eigenvalue weighted by atomic mass is 10.1. The second kappa shape index (κ2) is 5.57. The molecule has 1 aliphatic rings. The highest BCUT2D eigenvalue weighted by Gasteiger charge is 2.34. The third kappa shape index (κ3) is 2.76. The number of hydrogen-bond donors (Lipinski definition) is 1. The minimum atomic E-state index is -3.04. The van der Waals surface area contributed by atoms with Crippen LogP contribution in [0.2, 0.25) is 0 Å². The average molecular weight is 319 g/mol. The van der Waals surface area contributed by atoms with Gasteiger partial charge in [-0.05, 0) is 24.6 Å². The zero-order valence-corrected chi connectivity index (χ0v) is 12.8. The first-order chi connectivity index (χ1) is 10.5. The summed E-state index contributed by atoms with van der Waals surface area (Å²) in [5.41, 5.74) is 2.08. The number of aromatic amines is 1. The molecule has 1 amide bonds. The van der Waals surface area contributed by atoms with Gasteiger partial charge in [0.05, 0.1) is 28.9 Å². The van der Waals surface area contributed by atoms with E-state index in [4.69, 9.17) is 0 Å². The smallest absolute Gasteiger partial charge is 0.254 e. The second-order valence-corrected chi connectivity index (χ2v) is 7.67. The molecule has 7 heteroatoms. The van der Waals surface area contributed by atoms with Crippen LogP contribution in [0.3, 0.4) is 0 Å². The number of nitrogens with one attached hydrogen (secondary N) is 1. The Morgan fingerprint density at radius 2 is 2.32 bits per heavy atom. The van der Waals surface area contributed by atoms with Gasteiger partial charge >= 0.3 is 0 Å². The molecule has 2 heterocycles. The molecule has 0 saturated carbocycles. The number of sulfone groups is 1. The van der Waals surface area contributed by atoms with Gasteiger partial charge in [0.15, 0.2) is 9.84 Å². The number of carbonyl (C=O) groups excluding carboxylic acids is 1. The molecule has 0 spiro atoms. The van der Waals surface area contributed by atoms with E-state index in [0.717, 1.165) is 11.0 Å². The number of amides is 1. The van der Waals surface area contributed by atoms with Crippen LogP contribution in [0.15, 0.2) is 37.2 Å². The fourth-order valence-corrected chi connectivity index (χ4v) is 4.52. The molecule has 0 bridgehead atoms. The summed E-state index contributed by atoms with van der Waals surface area (Å²) in [7, 11) is -3.04. The van der Waals surface area contributed by atoms with Crippen LogP contribution in [0.25, 0.3) is 11.0 Å². The highest BCUT2D eigenvalue weighted by atomic mass is 32.2. The van der Waals surface area contributed by atoms with E-state index in [1.54, 1.807) is 35.5 Å². The van der Waals surface area contributed by atoms with E-state index in [2.05, 4.69) is 16.5 Å². The molecule has 0 unspecified atom stereocenters. The first kappa shape index (κ1) is 14.8. The summed E-state index contributed by atoms with van der Waals surface area (Å²) in [6, 6.07) is 4.94. The molecule has 1 saturated heterocycles. The highest BCUT2D eigenvalue weighted by molar-refractivity contribution is 7.91. The van der Waals surface area contributed by atoms with Crippen molar-refractivity contribution in [2.75, 3.05) is 18.1 Å². The summed E-state index contributed by atoms with van der Waals surface area (Å²) in [5, 5.41) is 0. The number of aromatic nitrogens is 2. The minimum absolute atomic E-state index is 0.0267. The minimum Gasteiger partial charge on any atom is -0.345 e. The molecule has 1 aromatic carbocycles. The fraction of sp³-hybridized carbons (Fsp3) is 0.333. The quantitative estimate of drug-likeness (QED) is 0.863. The Kier molecular flexibility index (Phi) is 3.74. The Hall–Kier alpha value is -2.15. The first-order valence-electron chi connectivity index (χ1n) is 7.05. The van der Waals surface area contributed by atoms with Crippen LogP contribution in [0, 0.1) is 0 Å². The number of H-pyrrole nitrogens is 1. The summed E-state index contributed by atoms with van der Waals surface area (Å²) in [5.74, 6) is -0.0182. The van der Waals surface area contributed by atoms with Crippen molar-refractivity contribution in [1.29, 1.82) is 0 Å². The fourth-order valence-electron chi connectivity index (χ4n) is 2.79. The maximum atomic E-state index is 12.7. The third-order valence-corrected chi connectivity index (χ3v) is 5.65. The maximum absolute atomic E-state index is 12.7. The van der Waals surface area contributed by atoms with Crippen molar-refractivity contribution < 1.29 is 13.2 Å². The van der Waals surface area contributed by atoms with E-state index in [-0.39, 0.29) is 23.5 Å². The molecule has 2 aromatic rings. The van der Waals surface area contributed by atoms with Gasteiger partial charge in [0.1, 0.15) is 0 Å². The number of carbonyl (C=O) groups is 1. The molecule has 1 atom stereocenters. The summed E-state index contributed by atoms with van der Waals surface area (Å²) >= 11 is 0. The van der Waals surface area contributed by atoms with Gasteiger partial charge in [-0.25, -0.2) is 13.4 Å². The van der Waals surface area contributed by atoms with E-state index in [1.807, 2.05) is 0 Å². The average Bonchev–Trinajstić information content (AvgIpc) is 3.09. The monoisotopic (exact) mass is 319 g/mol. The van der Waals surface area contributed by atoms with Crippen molar-refractivity contribution in [3.8, 4) is 0 Å². The second-order valence-electron chi connectivity index (χ2n) is 5.44. The van der Waals surface area contributed by atoms with Gasteiger partial charge in [0.2, 0.25) is 0 Å². The summed E-state index contributed by atoms with van der Waals surface area (Å²) in [6.07, 6.45) is 3.68. The van der Waals surface area contributed by atoms with Gasteiger partial charge in [-0.1, -0.05) is 6.08 Å². The molecule has 1 N–H and O–H groups in total. The molecule has 0 radical (unpaired) electrons. The zero-order valence-electron chi connectivity index (χ0n) is 12.0. The van der Waals surface area contributed by atoms with E-state index in [9.17, 15) is 13.2 Å². The number of benzene rings is 1. The summed E-state index contributed by atoms with van der Waals surface area (Å²) < 4.78 is 23.3. The van der Waals surface area contributed by atoms with E-state index >= 15 is 0 Å². The molecule has 3 rings (SSSR count). The van der Waals surface area contributed by atoms with Crippen molar-refractivity contribution in [2.24, 2.45) is 0 Å². The SMILES string of the molecule is C=CCN(C(=O)c1ccc2nc[nH]c2c1)[C@@H]1CCS(=O)(=O)C1. The summed E-state index contributed by atoms with van der Waals surface area (Å²) in [4.78, 5) is 21.4. The molecule has 1 aromatic heterocycles. The zero-order chi connectivity index (χ0) is 15.7. The van der Waals surface area contributed by atoms with Gasteiger partial charge in [-0.3, -0.25) is 4.79 Å². The van der Waals surface area contributed by atoms with Crippen LogP contribution in [-0.2, 0) is 9.84 Å². The van der Waals surface area contributed by atoms with Crippen molar-refractivity contribution >= 4 is 26.8 Å². The van der Waals surface area contributed by atoms with Gasteiger partial charge < -0.3 is 9.88 Å². The molecular weight excluding hydrogens is 302 g/mol. The van der Waals surface area contributed by atoms with E-state index in [0.29, 0.717) is 18.5 Å². The standard InChI is InChI=1S/C15H17N3O3S/c1-2-6-18(12-5-7-22(20,21)9-12)15(19)11-3-4-13-14(8-11)17-10-16-13/h2-4,8,10,12H,1,5-7,9H2,(H,16,17)/t12-/m1/s1. The third-order valence-electron chi connectivity index (χ3n) is 3.90. The van der Waals surface area contributed by atoms with Crippen molar-refractivity contribution in [3.05, 3.63) is 42.7 Å². The van der Waals surface area contributed by atoms with Crippen molar-refractivity contribution in [2.45, 2.75) is 12.5 Å². The lowest BCUT2D eigenvalue weighted by Crippen LogP contribution is -2.41. The Balaban J connectivity index is 1.90. The van der Waals surface area contributed by atoms with Gasteiger partial charge in [0.25, 0.3) is 5.91 Å². The van der Waals surface area contributed by atoms with Gasteiger partial charge in [-0.15, -0.1) is 6.58 Å².